The van der Waals surface area contributed by atoms with Gasteiger partial charge in [-0.1, -0.05) is 5.57 Å². The number of allylic oxidation sites excluding steroid dienone is 1. The van der Waals surface area contributed by atoms with E-state index in [4.69, 9.17) is 4.74 Å². The van der Waals surface area contributed by atoms with Gasteiger partial charge in [-0.3, -0.25) is 9.36 Å². The van der Waals surface area contributed by atoms with Crippen LogP contribution in [-0.4, -0.2) is 32.8 Å². The summed E-state index contributed by atoms with van der Waals surface area (Å²) in [5.74, 6) is -0.122. The van der Waals surface area contributed by atoms with E-state index in [9.17, 15) is 14.7 Å². The number of hydrogen-bond donors (Lipinski definition) is 2. The van der Waals surface area contributed by atoms with Gasteiger partial charge in [0.2, 0.25) is 5.91 Å². The Kier molecular flexibility index (Phi) is 5.10. The molecule has 2 rings (SSSR count). The third-order valence-corrected chi connectivity index (χ3v) is 3.43. The number of aromatic nitrogens is 2. The van der Waals surface area contributed by atoms with E-state index in [2.05, 4.69) is 10.3 Å². The van der Waals surface area contributed by atoms with Crippen LogP contribution in [0.4, 0.5) is 5.82 Å². The molecule has 0 saturated carbocycles. The van der Waals surface area contributed by atoms with Gasteiger partial charge in [0.1, 0.15) is 12.0 Å². The number of aliphatic hydroxyl groups is 1. The molecule has 7 heteroatoms. The van der Waals surface area contributed by atoms with Gasteiger partial charge in [0.15, 0.2) is 0 Å². The van der Waals surface area contributed by atoms with Crippen molar-refractivity contribution in [3.63, 3.8) is 0 Å². The van der Waals surface area contributed by atoms with Crippen molar-refractivity contribution in [1.29, 1.82) is 0 Å². The summed E-state index contributed by atoms with van der Waals surface area (Å²) in [7, 11) is 0. The lowest BCUT2D eigenvalue weighted by molar-refractivity contribution is -0.139. The van der Waals surface area contributed by atoms with Gasteiger partial charge in [-0.25, -0.2) is 4.79 Å². The number of hydrogen-bond acceptors (Lipinski definition) is 5. The molecule has 22 heavy (non-hydrogen) atoms. The van der Waals surface area contributed by atoms with Crippen molar-refractivity contribution in [2.75, 3.05) is 5.32 Å². The van der Waals surface area contributed by atoms with Crippen LogP contribution < -0.4 is 11.0 Å². The van der Waals surface area contributed by atoms with Crippen LogP contribution in [0.15, 0.2) is 28.7 Å². The molecule has 0 spiro atoms. The molecule has 0 unspecified atom stereocenters. The Morgan fingerprint density at radius 2 is 2.23 bits per heavy atom. The molecule has 0 aliphatic carbocycles. The molecule has 3 atom stereocenters. The Balaban J connectivity index is 2.12. The minimum atomic E-state index is -0.512. The van der Waals surface area contributed by atoms with Crippen LogP contribution in [0, 0.1) is 0 Å². The van der Waals surface area contributed by atoms with E-state index in [1.165, 1.54) is 10.6 Å². The first kappa shape index (κ1) is 16.4. The third kappa shape index (κ3) is 4.02. The molecule has 0 bridgehead atoms. The first-order chi connectivity index (χ1) is 10.4. The topological polar surface area (TPSA) is 93.5 Å². The van der Waals surface area contributed by atoms with Crippen LogP contribution >= 0.6 is 0 Å². The van der Waals surface area contributed by atoms with Gasteiger partial charge in [-0.15, -0.1) is 0 Å². The Bertz CT molecular complexity index is 634. The van der Waals surface area contributed by atoms with Crippen LogP contribution in [0.5, 0.6) is 0 Å². The molecule has 2 heterocycles. The predicted molar refractivity (Wildman–Crippen MR) is 81.4 cm³/mol. The number of ether oxygens (including phenoxy) is 1. The summed E-state index contributed by atoms with van der Waals surface area (Å²) >= 11 is 0. The average Bonchev–Trinajstić information content (AvgIpc) is 2.41. The third-order valence-electron chi connectivity index (χ3n) is 3.43. The maximum atomic E-state index is 12.1. The summed E-state index contributed by atoms with van der Waals surface area (Å²) in [5, 5.41) is 12.2. The molecule has 0 radical (unpaired) electrons. The zero-order valence-electron chi connectivity index (χ0n) is 12.9. The van der Waals surface area contributed by atoms with Crippen LogP contribution in [0.1, 0.15) is 39.8 Å². The van der Waals surface area contributed by atoms with Gasteiger partial charge in [-0.2, -0.15) is 4.98 Å². The summed E-state index contributed by atoms with van der Waals surface area (Å²) in [6, 6.07) is 1.55. The second kappa shape index (κ2) is 6.85. The molecule has 2 N–H and O–H groups in total. The molecule has 120 valence electrons. The van der Waals surface area contributed by atoms with E-state index >= 15 is 0 Å². The van der Waals surface area contributed by atoms with E-state index < -0.39 is 18.0 Å². The molecule has 7 nitrogen and oxygen atoms in total. The number of anilines is 1. The molecule has 1 aromatic heterocycles. The predicted octanol–water partition coefficient (Wildman–Crippen LogP) is 1.21. The van der Waals surface area contributed by atoms with Gasteiger partial charge >= 0.3 is 5.69 Å². The van der Waals surface area contributed by atoms with E-state index in [1.54, 1.807) is 33.0 Å². The van der Waals surface area contributed by atoms with Gasteiger partial charge < -0.3 is 15.2 Å². The number of nitrogens with zero attached hydrogens (tertiary/aromatic N) is 2. The molecular weight excluding hydrogens is 286 g/mol. The fourth-order valence-electron chi connectivity index (χ4n) is 2.29. The lowest BCUT2D eigenvalue weighted by Crippen LogP contribution is -2.39. The van der Waals surface area contributed by atoms with Gasteiger partial charge in [0.05, 0.1) is 12.2 Å². The van der Waals surface area contributed by atoms with Crippen LogP contribution in [-0.2, 0) is 9.53 Å². The van der Waals surface area contributed by atoms with E-state index in [1.807, 2.05) is 0 Å². The van der Waals surface area contributed by atoms with Crippen molar-refractivity contribution >= 4 is 11.7 Å². The molecular formula is C15H21N3O4. The second-order valence-corrected chi connectivity index (χ2v) is 5.65. The van der Waals surface area contributed by atoms with E-state index in [0.717, 1.165) is 5.57 Å². The van der Waals surface area contributed by atoms with Crippen LogP contribution in [0.25, 0.3) is 0 Å². The summed E-state index contributed by atoms with van der Waals surface area (Å²) in [6.07, 6.45) is 2.79. The van der Waals surface area contributed by atoms with Crippen LogP contribution in [0.2, 0.25) is 0 Å². The smallest absolute Gasteiger partial charge is 0.351 e. The average molecular weight is 307 g/mol. The number of carbonyl (C=O) groups excluding carboxylic acids is 1. The maximum absolute atomic E-state index is 12.1. The summed E-state index contributed by atoms with van der Waals surface area (Å²) < 4.78 is 6.99. The first-order valence-corrected chi connectivity index (χ1v) is 7.25. The fraction of sp³-hybridized carbons (Fsp3) is 0.533. The number of nitrogens with one attached hydrogen (secondary N) is 1. The van der Waals surface area contributed by atoms with E-state index in [-0.39, 0.29) is 17.8 Å². The highest BCUT2D eigenvalue weighted by Gasteiger charge is 2.28. The Labute approximate surface area is 128 Å². The molecule has 1 aromatic rings. The zero-order valence-corrected chi connectivity index (χ0v) is 12.9. The highest BCUT2D eigenvalue weighted by molar-refractivity contribution is 5.98. The Morgan fingerprint density at radius 3 is 2.82 bits per heavy atom. The van der Waals surface area contributed by atoms with Crippen molar-refractivity contribution in [3.05, 3.63) is 34.4 Å². The van der Waals surface area contributed by atoms with E-state index in [0.29, 0.717) is 12.8 Å². The maximum Gasteiger partial charge on any atom is 0.351 e. The molecule has 1 aliphatic heterocycles. The minimum absolute atomic E-state index is 0.202. The normalized spacial score (nSPS) is 24.6. The standard InChI is InChI=1S/C15H21N3O4/c1-9(2)8-13(20)16-12-6-7-18(15(21)17-12)14-5-4-11(19)10(3)22-14/h6-8,10-11,14,19H,4-5H2,1-3H3,(H,16,17,20,21)/t10-,11+,14-/m1/s1. The second-order valence-electron chi connectivity index (χ2n) is 5.65. The highest BCUT2D eigenvalue weighted by atomic mass is 16.5. The molecule has 1 saturated heterocycles. The Hall–Kier alpha value is -1.99. The van der Waals surface area contributed by atoms with Crippen molar-refractivity contribution < 1.29 is 14.6 Å². The van der Waals surface area contributed by atoms with Crippen molar-refractivity contribution in [3.8, 4) is 0 Å². The first-order valence-electron chi connectivity index (χ1n) is 7.25. The van der Waals surface area contributed by atoms with Crippen molar-refractivity contribution in [2.45, 2.75) is 52.0 Å². The molecule has 0 aromatic carbocycles. The molecule has 1 amide bonds. The van der Waals surface area contributed by atoms with Gasteiger partial charge in [-0.05, 0) is 39.7 Å². The van der Waals surface area contributed by atoms with Crippen molar-refractivity contribution in [2.24, 2.45) is 0 Å². The molecule has 1 fully saturated rings. The monoisotopic (exact) mass is 307 g/mol. The lowest BCUT2D eigenvalue weighted by Gasteiger charge is -2.32. The summed E-state index contributed by atoms with van der Waals surface area (Å²) in [4.78, 5) is 27.5. The summed E-state index contributed by atoms with van der Waals surface area (Å²) in [5.41, 5.74) is 0.359. The zero-order chi connectivity index (χ0) is 16.3. The number of aliphatic hydroxyl groups excluding tert-OH is 1. The number of carbonyl (C=O) groups is 1. The minimum Gasteiger partial charge on any atom is -0.390 e. The number of rotatable bonds is 3. The highest BCUT2D eigenvalue weighted by Crippen LogP contribution is 2.25. The lowest BCUT2D eigenvalue weighted by atomic mass is 10.1. The van der Waals surface area contributed by atoms with Gasteiger partial charge in [0, 0.05) is 12.3 Å². The number of amides is 1. The Morgan fingerprint density at radius 1 is 1.50 bits per heavy atom. The summed E-state index contributed by atoms with van der Waals surface area (Å²) in [6.45, 7) is 5.38. The SMILES string of the molecule is CC(C)=CC(=O)Nc1ccn([C@H]2CC[C@H](O)[C@@H](C)O2)c(=O)n1. The molecule has 1 aliphatic rings. The largest absolute Gasteiger partial charge is 0.390 e. The van der Waals surface area contributed by atoms with Gasteiger partial charge in [0.25, 0.3) is 0 Å². The van der Waals surface area contributed by atoms with Crippen LogP contribution in [0.3, 0.4) is 0 Å². The van der Waals surface area contributed by atoms with Crippen molar-refractivity contribution in [1.82, 2.24) is 9.55 Å². The fourth-order valence-corrected chi connectivity index (χ4v) is 2.29. The quantitative estimate of drug-likeness (QED) is 0.819.